The lowest BCUT2D eigenvalue weighted by molar-refractivity contribution is 0.386. The predicted molar refractivity (Wildman–Crippen MR) is 71.7 cm³/mol. The Hall–Kier alpha value is -1.81. The van der Waals surface area contributed by atoms with Crippen molar-refractivity contribution in [2.75, 3.05) is 12.4 Å². The number of anilines is 1. The molecule has 0 aliphatic carbocycles. The number of nitrogens with one attached hydrogen (secondary N) is 1. The van der Waals surface area contributed by atoms with Gasteiger partial charge in [0.2, 0.25) is 0 Å². The average Bonchev–Trinajstić information content (AvgIpc) is 2.38. The van der Waals surface area contributed by atoms with Gasteiger partial charge in [-0.2, -0.15) is 0 Å². The second kappa shape index (κ2) is 5.89. The zero-order chi connectivity index (χ0) is 13.8. The first-order valence-electron chi connectivity index (χ1n) is 5.61. The molecule has 100 valence electrons. The van der Waals surface area contributed by atoms with E-state index in [1.54, 1.807) is 12.1 Å². The summed E-state index contributed by atoms with van der Waals surface area (Å²) in [6, 6.07) is 8.72. The maximum Gasteiger partial charge on any atom is 0.167 e. The highest BCUT2D eigenvalue weighted by molar-refractivity contribution is 6.31. The molecular weight excluding hydrogens is 272 g/mol. The summed E-state index contributed by atoms with van der Waals surface area (Å²) in [5, 5.41) is 3.35. The van der Waals surface area contributed by atoms with E-state index in [1.807, 2.05) is 0 Å². The summed E-state index contributed by atoms with van der Waals surface area (Å²) < 4.78 is 31.2. The summed E-state index contributed by atoms with van der Waals surface area (Å²) in [5.74, 6) is -0.646. The Balaban J connectivity index is 2.08. The first kappa shape index (κ1) is 13.6. The highest BCUT2D eigenvalue weighted by atomic mass is 35.5. The van der Waals surface area contributed by atoms with Crippen molar-refractivity contribution < 1.29 is 13.5 Å². The summed E-state index contributed by atoms with van der Waals surface area (Å²) in [6.45, 7) is 0.380. The van der Waals surface area contributed by atoms with Gasteiger partial charge in [0.25, 0.3) is 0 Å². The zero-order valence-electron chi connectivity index (χ0n) is 10.2. The fraction of sp³-hybridized carbons (Fsp3) is 0.143. The highest BCUT2D eigenvalue weighted by Crippen LogP contribution is 2.22. The van der Waals surface area contributed by atoms with Gasteiger partial charge < -0.3 is 10.1 Å². The van der Waals surface area contributed by atoms with Gasteiger partial charge in [-0.05, 0) is 29.8 Å². The fourth-order valence-electron chi connectivity index (χ4n) is 1.64. The Morgan fingerprint density at radius 1 is 1.16 bits per heavy atom. The lowest BCUT2D eigenvalue weighted by atomic mass is 10.2. The van der Waals surface area contributed by atoms with Crippen LogP contribution in [0.1, 0.15) is 5.56 Å². The molecule has 0 aromatic heterocycles. The average molecular weight is 284 g/mol. The van der Waals surface area contributed by atoms with Crippen LogP contribution in [0.4, 0.5) is 14.5 Å². The normalized spacial score (nSPS) is 10.3. The van der Waals surface area contributed by atoms with Crippen LogP contribution < -0.4 is 10.1 Å². The molecule has 0 saturated heterocycles. The molecule has 19 heavy (non-hydrogen) atoms. The van der Waals surface area contributed by atoms with Crippen molar-refractivity contribution in [3.8, 4) is 5.75 Å². The molecule has 0 unspecified atom stereocenters. The molecule has 0 atom stereocenters. The van der Waals surface area contributed by atoms with Crippen molar-refractivity contribution in [2.45, 2.75) is 6.54 Å². The van der Waals surface area contributed by atoms with Gasteiger partial charge >= 0.3 is 0 Å². The van der Waals surface area contributed by atoms with E-state index in [0.29, 0.717) is 17.3 Å². The third-order valence-electron chi connectivity index (χ3n) is 2.65. The maximum absolute atomic E-state index is 13.5. The van der Waals surface area contributed by atoms with Crippen LogP contribution in [0, 0.1) is 11.6 Å². The van der Waals surface area contributed by atoms with Gasteiger partial charge in [0.1, 0.15) is 5.82 Å². The van der Waals surface area contributed by atoms with Crippen LogP contribution in [0.2, 0.25) is 5.02 Å². The summed E-state index contributed by atoms with van der Waals surface area (Å²) in [7, 11) is 1.41. The molecule has 1 N–H and O–H groups in total. The molecule has 0 bridgehead atoms. The molecule has 0 amide bonds. The molecule has 2 aromatic carbocycles. The molecule has 2 nitrogen and oxygen atoms in total. The summed E-state index contributed by atoms with van der Waals surface area (Å²) in [6.07, 6.45) is 0. The molecule has 0 aliphatic heterocycles. The Morgan fingerprint density at radius 3 is 2.58 bits per heavy atom. The minimum Gasteiger partial charge on any atom is -0.494 e. The second-order valence-electron chi connectivity index (χ2n) is 3.94. The SMILES string of the molecule is COc1ccc(NCc2ccc(F)cc2Cl)cc1F. The van der Waals surface area contributed by atoms with E-state index in [-0.39, 0.29) is 11.6 Å². The number of hydrogen-bond donors (Lipinski definition) is 1. The molecule has 0 saturated carbocycles. The molecule has 5 heteroatoms. The molecule has 0 heterocycles. The van der Waals surface area contributed by atoms with Gasteiger partial charge in [0, 0.05) is 23.3 Å². The Kier molecular flexibility index (Phi) is 4.22. The smallest absolute Gasteiger partial charge is 0.167 e. The van der Waals surface area contributed by atoms with Gasteiger partial charge in [-0.3, -0.25) is 0 Å². The third kappa shape index (κ3) is 3.35. The number of hydrogen-bond acceptors (Lipinski definition) is 2. The Bertz CT molecular complexity index is 590. The Morgan fingerprint density at radius 2 is 1.95 bits per heavy atom. The number of methoxy groups -OCH3 is 1. The number of halogens is 3. The Labute approximate surface area is 115 Å². The molecule has 2 aromatic rings. The van der Waals surface area contributed by atoms with Crippen LogP contribution >= 0.6 is 11.6 Å². The minimum atomic E-state index is -0.447. The molecule has 0 radical (unpaired) electrons. The molecule has 0 fully saturated rings. The first-order valence-corrected chi connectivity index (χ1v) is 5.99. The lowest BCUT2D eigenvalue weighted by Gasteiger charge is -2.09. The highest BCUT2D eigenvalue weighted by Gasteiger charge is 2.05. The van der Waals surface area contributed by atoms with E-state index in [4.69, 9.17) is 16.3 Å². The van der Waals surface area contributed by atoms with E-state index in [1.165, 1.54) is 31.4 Å². The van der Waals surface area contributed by atoms with Gasteiger partial charge in [0.05, 0.1) is 7.11 Å². The van der Waals surface area contributed by atoms with Gasteiger partial charge in [-0.15, -0.1) is 0 Å². The minimum absolute atomic E-state index is 0.186. The van der Waals surface area contributed by atoms with Gasteiger partial charge in [-0.25, -0.2) is 8.78 Å². The van der Waals surface area contributed by atoms with Gasteiger partial charge in [0.15, 0.2) is 11.6 Å². The van der Waals surface area contributed by atoms with Crippen molar-refractivity contribution >= 4 is 17.3 Å². The molecule has 2 rings (SSSR count). The number of rotatable bonds is 4. The van der Waals surface area contributed by atoms with E-state index < -0.39 is 5.82 Å². The quantitative estimate of drug-likeness (QED) is 0.906. The van der Waals surface area contributed by atoms with Crippen LogP contribution in [0.3, 0.4) is 0 Å². The third-order valence-corrected chi connectivity index (χ3v) is 3.00. The van der Waals surface area contributed by atoms with E-state index in [2.05, 4.69) is 5.32 Å². The van der Waals surface area contributed by atoms with Gasteiger partial charge in [-0.1, -0.05) is 17.7 Å². The van der Waals surface area contributed by atoms with Crippen LogP contribution in [0.15, 0.2) is 36.4 Å². The number of ether oxygens (including phenoxy) is 1. The predicted octanol–water partition coefficient (Wildman–Crippen LogP) is 4.24. The van der Waals surface area contributed by atoms with Crippen LogP contribution in [-0.4, -0.2) is 7.11 Å². The van der Waals surface area contributed by atoms with E-state index >= 15 is 0 Å². The van der Waals surface area contributed by atoms with Crippen LogP contribution in [-0.2, 0) is 6.54 Å². The topological polar surface area (TPSA) is 21.3 Å². The molecular formula is C14H12ClF2NO. The van der Waals surface area contributed by atoms with Crippen molar-refractivity contribution in [3.63, 3.8) is 0 Å². The van der Waals surface area contributed by atoms with E-state index in [9.17, 15) is 8.78 Å². The second-order valence-corrected chi connectivity index (χ2v) is 4.35. The van der Waals surface area contributed by atoms with Crippen LogP contribution in [0.25, 0.3) is 0 Å². The standard InChI is InChI=1S/C14H12ClF2NO/c1-19-14-5-4-11(7-13(14)17)18-8-9-2-3-10(16)6-12(9)15/h2-7,18H,8H2,1H3. The van der Waals surface area contributed by atoms with E-state index in [0.717, 1.165) is 5.56 Å². The monoisotopic (exact) mass is 283 g/mol. The zero-order valence-corrected chi connectivity index (χ0v) is 11.0. The molecule has 0 spiro atoms. The molecule has 0 aliphatic rings. The first-order chi connectivity index (χ1) is 9.10. The van der Waals surface area contributed by atoms with Crippen molar-refractivity contribution in [1.82, 2.24) is 0 Å². The number of benzene rings is 2. The maximum atomic E-state index is 13.5. The largest absolute Gasteiger partial charge is 0.494 e. The van der Waals surface area contributed by atoms with Crippen molar-refractivity contribution in [1.29, 1.82) is 0 Å². The van der Waals surface area contributed by atoms with Crippen molar-refractivity contribution in [2.24, 2.45) is 0 Å². The van der Waals surface area contributed by atoms with Crippen LogP contribution in [0.5, 0.6) is 5.75 Å². The van der Waals surface area contributed by atoms with Crippen molar-refractivity contribution in [3.05, 3.63) is 58.6 Å². The summed E-state index contributed by atoms with van der Waals surface area (Å²) in [5.41, 5.74) is 1.33. The summed E-state index contributed by atoms with van der Waals surface area (Å²) in [4.78, 5) is 0. The summed E-state index contributed by atoms with van der Waals surface area (Å²) >= 11 is 5.90. The lowest BCUT2D eigenvalue weighted by Crippen LogP contribution is -2.01. The fourth-order valence-corrected chi connectivity index (χ4v) is 1.87.